The summed E-state index contributed by atoms with van der Waals surface area (Å²) in [4.78, 5) is 10.6. The van der Waals surface area contributed by atoms with E-state index >= 15 is 0 Å². The quantitative estimate of drug-likeness (QED) is 0.116. The van der Waals surface area contributed by atoms with Gasteiger partial charge >= 0.3 is 0 Å². The number of nitrogens with zero attached hydrogens (tertiary/aromatic N) is 3. The Kier molecular flexibility index (Phi) is 33.1. The largest absolute Gasteiger partial charge is 0.400 e. The number of ether oxygens (including phenoxy) is 1. The van der Waals surface area contributed by atoms with Gasteiger partial charge in [-0.2, -0.15) is 0 Å². The lowest BCUT2D eigenvalue weighted by molar-refractivity contribution is 0.204. The van der Waals surface area contributed by atoms with E-state index in [1.54, 1.807) is 20.3 Å². The smallest absolute Gasteiger partial charge is 0.257 e. The molecule has 248 valence electrons. The van der Waals surface area contributed by atoms with Crippen molar-refractivity contribution in [1.82, 2.24) is 15.5 Å². The lowest BCUT2D eigenvalue weighted by Crippen LogP contribution is -2.43. The molecule has 7 nitrogen and oxygen atoms in total. The van der Waals surface area contributed by atoms with Crippen molar-refractivity contribution in [2.24, 2.45) is 9.98 Å². The molecule has 0 bridgehead atoms. The van der Waals surface area contributed by atoms with E-state index in [9.17, 15) is 22.0 Å². The molecule has 2 rings (SSSR count). The summed E-state index contributed by atoms with van der Waals surface area (Å²) in [6, 6.07) is 4.28. The fourth-order valence-electron chi connectivity index (χ4n) is 3.23. The average molecular weight is 622 g/mol. The Hall–Kier alpha value is -2.93. The Balaban J connectivity index is -0.000000963. The number of methoxy groups -OCH3 is 1. The molecule has 0 fully saturated rings. The molecule has 0 saturated carbocycles. The van der Waals surface area contributed by atoms with Gasteiger partial charge in [0.25, 0.3) is 6.43 Å². The number of allylic oxidation sites excluding steroid dienone is 4. The second kappa shape index (κ2) is 32.0. The maximum Gasteiger partial charge on any atom is 0.257 e. The summed E-state index contributed by atoms with van der Waals surface area (Å²) >= 11 is 0. The third kappa shape index (κ3) is 24.2. The van der Waals surface area contributed by atoms with Crippen LogP contribution in [0.2, 0.25) is 0 Å². The Labute approximate surface area is 255 Å². The Morgan fingerprint density at radius 2 is 1.84 bits per heavy atom. The number of aliphatic hydroxyl groups excluding tert-OH is 1. The van der Waals surface area contributed by atoms with Crippen LogP contribution in [0.1, 0.15) is 39.2 Å². The molecule has 1 aromatic rings. The minimum absolute atomic E-state index is 0.0119. The van der Waals surface area contributed by atoms with Gasteiger partial charge in [-0.3, -0.25) is 19.7 Å². The van der Waals surface area contributed by atoms with Crippen molar-refractivity contribution in [2.45, 2.75) is 58.8 Å². The van der Waals surface area contributed by atoms with Crippen LogP contribution in [0.3, 0.4) is 0 Å². The van der Waals surface area contributed by atoms with E-state index in [-0.39, 0.29) is 18.8 Å². The third-order valence-corrected chi connectivity index (χ3v) is 5.26. The number of hydrogen-bond donors (Lipinski definition) is 3. The van der Waals surface area contributed by atoms with Crippen molar-refractivity contribution in [3.8, 4) is 0 Å². The normalized spacial score (nSPS) is 16.2. The molecule has 3 N–H and O–H groups in total. The van der Waals surface area contributed by atoms with Crippen molar-refractivity contribution in [3.05, 3.63) is 71.9 Å². The lowest BCUT2D eigenvalue weighted by atomic mass is 10.1. The summed E-state index contributed by atoms with van der Waals surface area (Å²) in [5.41, 5.74) is 0.320. The summed E-state index contributed by atoms with van der Waals surface area (Å²) in [5, 5.41) is 13.7. The standard InChI is InChI=1S/C22H31F2N5.C5H8F2.C2H6O.CH3F.CH4O/c1-17-9-5-4-6-13-28-21(15-26-12-8-14-27-18(2)25-3)29(17)16-19-10-7-11-20(23)22(19)24;1-2-3-4-5(6)7;1-3-2;2*1-2/h4-7,9-11,17-18,26-27H,3,8,12-16H2,1-2H3;3-5H,2H2,1H3;1-2H3;1H3;2H,1H3/b6-4-,9-5-,28-21?;4-3+;;;. The van der Waals surface area contributed by atoms with Gasteiger partial charge in [0, 0.05) is 39.5 Å². The highest BCUT2D eigenvalue weighted by Crippen LogP contribution is 2.17. The summed E-state index contributed by atoms with van der Waals surface area (Å²) < 4.78 is 63.9. The number of rotatable bonds is 12. The molecule has 0 radical (unpaired) electrons. The SMILES string of the molecule is C=NC(C)NCCCNCC1=NC/C=C\C=C/C(C)N1Cc1cccc(F)c1F.CC/C=C/C(F)F.CF.CO.COC. The van der Waals surface area contributed by atoms with Crippen LogP contribution < -0.4 is 10.6 Å². The second-order valence-corrected chi connectivity index (χ2v) is 8.57. The van der Waals surface area contributed by atoms with Crippen LogP contribution in [-0.4, -0.2) is 95.9 Å². The second-order valence-electron chi connectivity index (χ2n) is 8.57. The minimum atomic E-state index is -2.28. The lowest BCUT2D eigenvalue weighted by Gasteiger charge is -2.31. The zero-order valence-electron chi connectivity index (χ0n) is 26.7. The maximum atomic E-state index is 14.3. The van der Waals surface area contributed by atoms with Gasteiger partial charge in [-0.25, -0.2) is 17.6 Å². The highest BCUT2D eigenvalue weighted by molar-refractivity contribution is 5.85. The molecule has 1 aromatic carbocycles. The van der Waals surface area contributed by atoms with Crippen molar-refractivity contribution >= 4 is 12.6 Å². The van der Waals surface area contributed by atoms with E-state index in [4.69, 9.17) is 5.11 Å². The van der Waals surface area contributed by atoms with Gasteiger partial charge in [0.2, 0.25) is 0 Å². The van der Waals surface area contributed by atoms with E-state index in [1.165, 1.54) is 12.1 Å². The van der Waals surface area contributed by atoms with E-state index < -0.39 is 18.1 Å². The molecule has 0 aromatic heterocycles. The molecule has 12 heteroatoms. The first-order valence-corrected chi connectivity index (χ1v) is 13.8. The molecule has 1 aliphatic rings. The number of aliphatic imine (C=N–C) groups is 2. The summed E-state index contributed by atoms with van der Waals surface area (Å²) in [6.45, 7) is 12.3. The number of halogens is 5. The highest BCUT2D eigenvalue weighted by atomic mass is 19.3. The van der Waals surface area contributed by atoms with Crippen LogP contribution in [0.4, 0.5) is 22.0 Å². The van der Waals surface area contributed by atoms with Gasteiger partial charge < -0.3 is 20.1 Å². The van der Waals surface area contributed by atoms with Crippen molar-refractivity contribution in [1.29, 1.82) is 0 Å². The Bertz CT molecular complexity index is 915. The summed E-state index contributed by atoms with van der Waals surface area (Å²) in [7, 11) is 4.75. The van der Waals surface area contributed by atoms with Crippen molar-refractivity contribution in [2.75, 3.05) is 54.7 Å². The van der Waals surface area contributed by atoms with Crippen LogP contribution in [0.25, 0.3) is 0 Å². The highest BCUT2D eigenvalue weighted by Gasteiger charge is 2.19. The molecule has 0 saturated heterocycles. The van der Waals surface area contributed by atoms with E-state index in [1.807, 2.05) is 50.0 Å². The number of amidine groups is 1. The van der Waals surface area contributed by atoms with Crippen LogP contribution >= 0.6 is 0 Å². The maximum absolute atomic E-state index is 14.3. The molecule has 2 atom stereocenters. The number of aliphatic hydroxyl groups is 1. The zero-order chi connectivity index (χ0) is 33.5. The fraction of sp³-hybridized carbons (Fsp3) is 0.548. The van der Waals surface area contributed by atoms with Crippen LogP contribution in [0.15, 0.2) is 64.6 Å². The third-order valence-electron chi connectivity index (χ3n) is 5.26. The van der Waals surface area contributed by atoms with Gasteiger partial charge in [0.15, 0.2) is 11.6 Å². The van der Waals surface area contributed by atoms with Crippen LogP contribution in [-0.2, 0) is 11.3 Å². The molecule has 0 aliphatic carbocycles. The number of hydrogen-bond acceptors (Lipinski definition) is 7. The number of benzene rings is 1. The Morgan fingerprint density at radius 3 is 2.40 bits per heavy atom. The predicted molar refractivity (Wildman–Crippen MR) is 170 cm³/mol. The number of alkyl halides is 3. The van der Waals surface area contributed by atoms with E-state index in [0.717, 1.165) is 44.6 Å². The molecule has 0 amide bonds. The molecule has 2 unspecified atom stereocenters. The minimum Gasteiger partial charge on any atom is -0.400 e. The molecule has 0 spiro atoms. The van der Waals surface area contributed by atoms with Crippen molar-refractivity contribution < 1.29 is 31.8 Å². The monoisotopic (exact) mass is 621 g/mol. The van der Waals surface area contributed by atoms with Gasteiger partial charge in [0.1, 0.15) is 5.84 Å². The fourth-order valence-corrected chi connectivity index (χ4v) is 3.23. The van der Waals surface area contributed by atoms with E-state index in [0.29, 0.717) is 32.3 Å². The molecular formula is C31H52F5N5O2. The topological polar surface area (TPSA) is 81.5 Å². The van der Waals surface area contributed by atoms with Gasteiger partial charge in [0.05, 0.1) is 26.4 Å². The Morgan fingerprint density at radius 1 is 1.19 bits per heavy atom. The molecule has 1 heterocycles. The predicted octanol–water partition coefficient (Wildman–Crippen LogP) is 5.97. The van der Waals surface area contributed by atoms with E-state index in [2.05, 4.69) is 32.1 Å². The zero-order valence-corrected chi connectivity index (χ0v) is 26.7. The van der Waals surface area contributed by atoms with Gasteiger partial charge in [-0.15, -0.1) is 0 Å². The first kappa shape index (κ1) is 44.5. The van der Waals surface area contributed by atoms with Gasteiger partial charge in [-0.05, 0) is 58.6 Å². The van der Waals surface area contributed by atoms with Crippen LogP contribution in [0, 0.1) is 11.6 Å². The van der Waals surface area contributed by atoms with Crippen molar-refractivity contribution in [3.63, 3.8) is 0 Å². The molecule has 1 aliphatic heterocycles. The summed E-state index contributed by atoms with van der Waals surface area (Å²) in [6.07, 6.45) is 9.65. The van der Waals surface area contributed by atoms with Crippen LogP contribution in [0.5, 0.6) is 0 Å². The number of nitrogens with one attached hydrogen (secondary N) is 2. The van der Waals surface area contributed by atoms with Gasteiger partial charge in [-0.1, -0.05) is 49.4 Å². The molecular weight excluding hydrogens is 569 g/mol. The first-order valence-electron chi connectivity index (χ1n) is 13.8. The first-order chi connectivity index (χ1) is 20.7. The summed E-state index contributed by atoms with van der Waals surface area (Å²) in [5.74, 6) is -0.805. The molecule has 43 heavy (non-hydrogen) atoms. The average Bonchev–Trinajstić information content (AvgIpc) is 3.09.